The highest BCUT2D eigenvalue weighted by Gasteiger charge is 2.37. The molecule has 112 valence electrons. The van der Waals surface area contributed by atoms with Gasteiger partial charge in [-0.05, 0) is 30.4 Å². The van der Waals surface area contributed by atoms with Crippen LogP contribution in [-0.4, -0.2) is 26.3 Å². The van der Waals surface area contributed by atoms with E-state index < -0.39 is 32.1 Å². The molecule has 1 aromatic carbocycles. The Labute approximate surface area is 117 Å². The first-order chi connectivity index (χ1) is 9.28. The Morgan fingerprint density at radius 1 is 1.40 bits per heavy atom. The Morgan fingerprint density at radius 2 is 2.00 bits per heavy atom. The van der Waals surface area contributed by atoms with Crippen molar-refractivity contribution in [3.05, 3.63) is 29.3 Å². The number of sulfonamides is 1. The van der Waals surface area contributed by atoms with Crippen LogP contribution in [0.1, 0.15) is 18.9 Å². The van der Waals surface area contributed by atoms with Crippen molar-refractivity contribution in [3.8, 4) is 0 Å². The van der Waals surface area contributed by atoms with Gasteiger partial charge < -0.3 is 5.73 Å². The van der Waals surface area contributed by atoms with E-state index in [2.05, 4.69) is 0 Å². The molecule has 0 bridgehead atoms. The van der Waals surface area contributed by atoms with E-state index in [9.17, 15) is 17.2 Å². The van der Waals surface area contributed by atoms with Crippen molar-refractivity contribution in [1.29, 1.82) is 0 Å². The van der Waals surface area contributed by atoms with Crippen molar-refractivity contribution in [2.24, 2.45) is 17.6 Å². The van der Waals surface area contributed by atoms with E-state index in [1.807, 2.05) is 6.92 Å². The second-order valence-corrected chi connectivity index (χ2v) is 7.31. The van der Waals surface area contributed by atoms with E-state index in [4.69, 9.17) is 5.73 Å². The molecule has 1 aliphatic rings. The van der Waals surface area contributed by atoms with Gasteiger partial charge in [0.15, 0.2) is 5.82 Å². The quantitative estimate of drug-likeness (QED) is 0.900. The normalized spacial score (nSPS) is 22.3. The maximum absolute atomic E-state index is 14.1. The van der Waals surface area contributed by atoms with Gasteiger partial charge in [-0.1, -0.05) is 6.92 Å². The molecule has 0 amide bonds. The minimum atomic E-state index is -3.96. The maximum atomic E-state index is 14.1. The summed E-state index contributed by atoms with van der Waals surface area (Å²) in [4.78, 5) is -0.518. The Hall–Kier alpha value is -1.05. The minimum Gasteiger partial charge on any atom is -0.326 e. The lowest BCUT2D eigenvalue weighted by atomic mass is 10.2. The van der Waals surface area contributed by atoms with Crippen LogP contribution in [0.5, 0.6) is 0 Å². The fourth-order valence-electron chi connectivity index (χ4n) is 2.21. The molecule has 1 saturated carbocycles. The Kier molecular flexibility index (Phi) is 4.13. The van der Waals surface area contributed by atoms with Gasteiger partial charge in [-0.25, -0.2) is 21.5 Å². The van der Waals surface area contributed by atoms with Crippen LogP contribution in [0.15, 0.2) is 17.0 Å². The summed E-state index contributed by atoms with van der Waals surface area (Å²) in [6.45, 7) is 2.00. The first kappa shape index (κ1) is 15.3. The van der Waals surface area contributed by atoms with Gasteiger partial charge in [0.05, 0.1) is 0 Å². The number of nitrogens with zero attached hydrogens (tertiary/aromatic N) is 1. The number of rotatable bonds is 5. The molecule has 1 fully saturated rings. The molecule has 2 unspecified atom stereocenters. The van der Waals surface area contributed by atoms with E-state index in [0.29, 0.717) is 18.4 Å². The van der Waals surface area contributed by atoms with Gasteiger partial charge in [-0.3, -0.25) is 0 Å². The minimum absolute atomic E-state index is 0.312. The number of halogens is 2. The molecule has 2 N–H and O–H groups in total. The molecule has 4 nitrogen and oxygen atoms in total. The topological polar surface area (TPSA) is 63.4 Å². The van der Waals surface area contributed by atoms with Crippen molar-refractivity contribution in [1.82, 2.24) is 4.31 Å². The second kappa shape index (κ2) is 5.38. The van der Waals surface area contributed by atoms with Gasteiger partial charge in [0.2, 0.25) is 10.0 Å². The standard InChI is InChI=1S/C13H18F2N2O2S/c1-8-5-9(8)7-17(2)20(18,19)12-4-3-11(14)10(6-16)13(12)15/h3-4,8-9H,5-7,16H2,1-2H3. The highest BCUT2D eigenvalue weighted by molar-refractivity contribution is 7.89. The van der Waals surface area contributed by atoms with Crippen molar-refractivity contribution in [2.45, 2.75) is 24.8 Å². The summed E-state index contributed by atoms with van der Waals surface area (Å²) in [7, 11) is -2.55. The molecule has 0 saturated heterocycles. The average molecular weight is 304 g/mol. The molecule has 0 aromatic heterocycles. The molecular formula is C13H18F2N2O2S. The van der Waals surface area contributed by atoms with Crippen molar-refractivity contribution in [3.63, 3.8) is 0 Å². The summed E-state index contributed by atoms with van der Waals surface area (Å²) >= 11 is 0. The Balaban J connectivity index is 2.34. The van der Waals surface area contributed by atoms with E-state index in [-0.39, 0.29) is 6.54 Å². The van der Waals surface area contributed by atoms with Crippen LogP contribution in [0, 0.1) is 23.5 Å². The average Bonchev–Trinajstić information content (AvgIpc) is 3.05. The second-order valence-electron chi connectivity index (χ2n) is 5.30. The van der Waals surface area contributed by atoms with Crippen molar-refractivity contribution in [2.75, 3.05) is 13.6 Å². The molecule has 0 aliphatic heterocycles. The maximum Gasteiger partial charge on any atom is 0.245 e. The molecule has 1 aromatic rings. The van der Waals surface area contributed by atoms with Gasteiger partial charge in [0, 0.05) is 25.7 Å². The first-order valence-electron chi connectivity index (χ1n) is 6.42. The van der Waals surface area contributed by atoms with E-state index in [1.54, 1.807) is 0 Å². The summed E-state index contributed by atoms with van der Waals surface area (Å²) in [5.74, 6) is -1.12. The van der Waals surface area contributed by atoms with E-state index in [0.717, 1.165) is 22.9 Å². The van der Waals surface area contributed by atoms with Crippen LogP contribution in [-0.2, 0) is 16.6 Å². The van der Waals surface area contributed by atoms with Crippen molar-refractivity contribution >= 4 is 10.0 Å². The number of hydrogen-bond acceptors (Lipinski definition) is 3. The Bertz CT molecular complexity index is 619. The number of nitrogens with two attached hydrogens (primary N) is 1. The zero-order valence-corrected chi connectivity index (χ0v) is 12.3. The van der Waals surface area contributed by atoms with Gasteiger partial charge in [0.1, 0.15) is 10.7 Å². The molecule has 7 heteroatoms. The number of hydrogen-bond donors (Lipinski definition) is 1. The molecule has 20 heavy (non-hydrogen) atoms. The summed E-state index contributed by atoms with van der Waals surface area (Å²) in [5.41, 5.74) is 4.86. The zero-order chi connectivity index (χ0) is 15.1. The highest BCUT2D eigenvalue weighted by atomic mass is 32.2. The molecule has 1 aliphatic carbocycles. The van der Waals surface area contributed by atoms with Gasteiger partial charge in [0.25, 0.3) is 0 Å². The third-order valence-corrected chi connectivity index (χ3v) is 5.65. The molecule has 2 rings (SSSR count). The van der Waals surface area contributed by atoms with Crippen LogP contribution < -0.4 is 5.73 Å². The third-order valence-electron chi connectivity index (χ3n) is 3.81. The molecule has 0 spiro atoms. The molecule has 0 radical (unpaired) electrons. The molecule has 0 heterocycles. The van der Waals surface area contributed by atoms with Crippen LogP contribution in [0.2, 0.25) is 0 Å². The van der Waals surface area contributed by atoms with Gasteiger partial charge >= 0.3 is 0 Å². The Morgan fingerprint density at radius 3 is 2.50 bits per heavy atom. The lowest BCUT2D eigenvalue weighted by Gasteiger charge is -2.18. The van der Waals surface area contributed by atoms with Crippen LogP contribution >= 0.6 is 0 Å². The molecular weight excluding hydrogens is 286 g/mol. The van der Waals surface area contributed by atoms with E-state index in [1.165, 1.54) is 7.05 Å². The van der Waals surface area contributed by atoms with Crippen LogP contribution in [0.3, 0.4) is 0 Å². The lowest BCUT2D eigenvalue weighted by molar-refractivity contribution is 0.438. The molecule has 2 atom stereocenters. The zero-order valence-electron chi connectivity index (χ0n) is 11.4. The largest absolute Gasteiger partial charge is 0.326 e. The first-order valence-corrected chi connectivity index (χ1v) is 7.86. The predicted molar refractivity (Wildman–Crippen MR) is 71.3 cm³/mol. The fourth-order valence-corrected chi connectivity index (χ4v) is 3.53. The predicted octanol–water partition coefficient (Wildman–Crippen LogP) is 1.70. The van der Waals surface area contributed by atoms with Gasteiger partial charge in [-0.15, -0.1) is 0 Å². The van der Waals surface area contributed by atoms with Crippen molar-refractivity contribution < 1.29 is 17.2 Å². The SMILES string of the molecule is CC1CC1CN(C)S(=O)(=O)c1ccc(F)c(CN)c1F. The van der Waals surface area contributed by atoms with Gasteiger partial charge in [-0.2, -0.15) is 0 Å². The van der Waals surface area contributed by atoms with Crippen LogP contribution in [0.25, 0.3) is 0 Å². The summed E-state index contributed by atoms with van der Waals surface area (Å²) < 4.78 is 53.2. The monoisotopic (exact) mass is 304 g/mol. The van der Waals surface area contributed by atoms with E-state index >= 15 is 0 Å². The van der Waals surface area contributed by atoms with Crippen LogP contribution in [0.4, 0.5) is 8.78 Å². The third kappa shape index (κ3) is 2.70. The fraction of sp³-hybridized carbons (Fsp3) is 0.538. The smallest absolute Gasteiger partial charge is 0.245 e. The number of benzene rings is 1. The lowest BCUT2D eigenvalue weighted by Crippen LogP contribution is -2.30. The summed E-state index contributed by atoms with van der Waals surface area (Å²) in [6.07, 6.45) is 0.972. The summed E-state index contributed by atoms with van der Waals surface area (Å²) in [5, 5.41) is 0. The summed E-state index contributed by atoms with van der Waals surface area (Å²) in [6, 6.07) is 1.89. The highest BCUT2D eigenvalue weighted by Crippen LogP contribution is 2.39.